The number of hydrogen-bond donors (Lipinski definition) is 0. The van der Waals surface area contributed by atoms with Gasteiger partial charge < -0.3 is 4.74 Å². The Balaban J connectivity index is 1.33. The molecule has 0 fully saturated rings. The first-order valence-electron chi connectivity index (χ1n) is 7.75. The highest BCUT2D eigenvalue weighted by Gasteiger charge is 2.12. The molecule has 0 aromatic carbocycles. The normalized spacial score (nSPS) is 10.8. The van der Waals surface area contributed by atoms with E-state index in [0.717, 1.165) is 26.8 Å². The van der Waals surface area contributed by atoms with Crippen molar-refractivity contribution in [1.82, 2.24) is 15.0 Å². The van der Waals surface area contributed by atoms with Crippen molar-refractivity contribution < 1.29 is 9.53 Å². The van der Waals surface area contributed by atoms with Gasteiger partial charge >= 0.3 is 5.97 Å². The number of thiophene rings is 1. The molecule has 0 saturated carbocycles. The summed E-state index contributed by atoms with van der Waals surface area (Å²) in [5, 5.41) is 9.66. The van der Waals surface area contributed by atoms with E-state index in [2.05, 4.69) is 20.3 Å². The molecule has 0 bridgehead atoms. The SMILES string of the molecule is O=C(Cc1csc(-c2cccnc2)n1)OCc1csc(-c2ccsc2)n1. The first kappa shape index (κ1) is 17.0. The van der Waals surface area contributed by atoms with Crippen LogP contribution in [0.5, 0.6) is 0 Å². The van der Waals surface area contributed by atoms with E-state index < -0.39 is 0 Å². The molecule has 5 nitrogen and oxygen atoms in total. The van der Waals surface area contributed by atoms with Gasteiger partial charge in [-0.15, -0.1) is 22.7 Å². The number of aromatic nitrogens is 3. The first-order valence-corrected chi connectivity index (χ1v) is 10.5. The molecular weight excluding hydrogens is 386 g/mol. The molecule has 0 saturated heterocycles. The van der Waals surface area contributed by atoms with Crippen LogP contribution in [-0.2, 0) is 22.6 Å². The summed E-state index contributed by atoms with van der Waals surface area (Å²) in [7, 11) is 0. The maximum absolute atomic E-state index is 12.1. The van der Waals surface area contributed by atoms with Gasteiger partial charge in [-0.25, -0.2) is 9.97 Å². The van der Waals surface area contributed by atoms with Gasteiger partial charge in [-0.05, 0) is 23.6 Å². The molecule has 0 radical (unpaired) electrons. The quantitative estimate of drug-likeness (QED) is 0.441. The summed E-state index contributed by atoms with van der Waals surface area (Å²) in [5.41, 5.74) is 3.51. The van der Waals surface area contributed by atoms with Crippen LogP contribution in [0.2, 0.25) is 0 Å². The minimum absolute atomic E-state index is 0.151. The average Bonchev–Trinajstić information content (AvgIpc) is 3.41. The van der Waals surface area contributed by atoms with Crippen LogP contribution in [0.15, 0.2) is 52.1 Å². The molecule has 0 aliphatic carbocycles. The van der Waals surface area contributed by atoms with E-state index in [1.54, 1.807) is 35.1 Å². The van der Waals surface area contributed by atoms with E-state index >= 15 is 0 Å². The molecular formula is C18H13N3O2S3. The lowest BCUT2D eigenvalue weighted by atomic mass is 10.3. The summed E-state index contributed by atoms with van der Waals surface area (Å²) in [6, 6.07) is 5.84. The number of pyridine rings is 1. The summed E-state index contributed by atoms with van der Waals surface area (Å²) in [5.74, 6) is -0.307. The average molecular weight is 400 g/mol. The Labute approximate surface area is 162 Å². The smallest absolute Gasteiger partial charge is 0.312 e. The number of rotatable bonds is 6. The summed E-state index contributed by atoms with van der Waals surface area (Å²) in [4.78, 5) is 25.1. The fourth-order valence-electron chi connectivity index (χ4n) is 2.26. The van der Waals surface area contributed by atoms with E-state index in [4.69, 9.17) is 4.74 Å². The molecule has 4 aromatic heterocycles. The Hall–Kier alpha value is -2.42. The fraction of sp³-hybridized carbons (Fsp3) is 0.111. The molecule has 0 N–H and O–H groups in total. The van der Waals surface area contributed by atoms with Crippen LogP contribution in [0, 0.1) is 0 Å². The number of thiazole rings is 2. The fourth-order valence-corrected chi connectivity index (χ4v) is 4.58. The van der Waals surface area contributed by atoms with Crippen molar-refractivity contribution in [2.75, 3.05) is 0 Å². The van der Waals surface area contributed by atoms with Gasteiger partial charge in [0.15, 0.2) is 0 Å². The highest BCUT2D eigenvalue weighted by molar-refractivity contribution is 7.14. The zero-order valence-electron chi connectivity index (χ0n) is 13.5. The summed E-state index contributed by atoms with van der Waals surface area (Å²) < 4.78 is 5.34. The number of hydrogen-bond acceptors (Lipinski definition) is 8. The van der Waals surface area contributed by atoms with Gasteiger partial charge in [-0.2, -0.15) is 11.3 Å². The summed E-state index contributed by atoms with van der Waals surface area (Å²) >= 11 is 4.68. The Morgan fingerprint density at radius 1 is 1.00 bits per heavy atom. The lowest BCUT2D eigenvalue weighted by molar-refractivity contribution is -0.144. The molecule has 0 spiro atoms. The van der Waals surface area contributed by atoms with Crippen LogP contribution in [-0.4, -0.2) is 20.9 Å². The summed E-state index contributed by atoms with van der Waals surface area (Å²) in [6.07, 6.45) is 3.63. The van der Waals surface area contributed by atoms with E-state index in [0.29, 0.717) is 5.69 Å². The van der Waals surface area contributed by atoms with Crippen LogP contribution in [0.3, 0.4) is 0 Å². The number of carbonyl (C=O) groups is 1. The molecule has 130 valence electrons. The van der Waals surface area contributed by atoms with E-state index in [1.165, 1.54) is 11.3 Å². The molecule has 4 heterocycles. The topological polar surface area (TPSA) is 65.0 Å². The van der Waals surface area contributed by atoms with E-state index in [9.17, 15) is 4.79 Å². The minimum Gasteiger partial charge on any atom is -0.459 e. The van der Waals surface area contributed by atoms with Gasteiger partial charge in [0.2, 0.25) is 0 Å². The number of nitrogens with zero attached hydrogens (tertiary/aromatic N) is 3. The van der Waals surface area contributed by atoms with Crippen molar-refractivity contribution in [2.45, 2.75) is 13.0 Å². The van der Waals surface area contributed by atoms with Crippen LogP contribution in [0.1, 0.15) is 11.4 Å². The van der Waals surface area contributed by atoms with Crippen LogP contribution >= 0.6 is 34.0 Å². The lowest BCUT2D eigenvalue weighted by Gasteiger charge is -2.01. The Bertz CT molecular complexity index is 994. The third-order valence-corrected chi connectivity index (χ3v) is 6.05. The van der Waals surface area contributed by atoms with Crippen molar-refractivity contribution in [3.05, 3.63) is 63.5 Å². The van der Waals surface area contributed by atoms with Gasteiger partial charge in [0.05, 0.1) is 17.8 Å². The highest BCUT2D eigenvalue weighted by Crippen LogP contribution is 2.26. The maximum atomic E-state index is 12.1. The van der Waals surface area contributed by atoms with Crippen molar-refractivity contribution in [3.63, 3.8) is 0 Å². The second-order valence-corrected chi connectivity index (χ2v) is 7.88. The zero-order chi connectivity index (χ0) is 17.8. The second-order valence-electron chi connectivity index (χ2n) is 5.38. The van der Waals surface area contributed by atoms with Crippen LogP contribution in [0.25, 0.3) is 21.1 Å². The third-order valence-electron chi connectivity index (χ3n) is 3.49. The largest absolute Gasteiger partial charge is 0.459 e. The van der Waals surface area contributed by atoms with E-state index in [1.807, 2.05) is 34.3 Å². The first-order chi connectivity index (χ1) is 12.8. The van der Waals surface area contributed by atoms with Gasteiger partial charge in [0, 0.05) is 39.7 Å². The van der Waals surface area contributed by atoms with Crippen LogP contribution in [0.4, 0.5) is 0 Å². The zero-order valence-corrected chi connectivity index (χ0v) is 15.9. The van der Waals surface area contributed by atoms with Crippen molar-refractivity contribution in [3.8, 4) is 21.1 Å². The van der Waals surface area contributed by atoms with E-state index in [-0.39, 0.29) is 19.0 Å². The molecule has 4 aromatic rings. The number of esters is 1. The van der Waals surface area contributed by atoms with Gasteiger partial charge in [-0.3, -0.25) is 9.78 Å². The molecule has 0 aliphatic heterocycles. The van der Waals surface area contributed by atoms with Gasteiger partial charge in [0.25, 0.3) is 0 Å². The Kier molecular flexibility index (Phi) is 5.14. The van der Waals surface area contributed by atoms with Gasteiger partial charge in [0.1, 0.15) is 16.6 Å². The van der Waals surface area contributed by atoms with Gasteiger partial charge in [-0.1, -0.05) is 0 Å². The summed E-state index contributed by atoms with van der Waals surface area (Å²) in [6.45, 7) is 0.180. The van der Waals surface area contributed by atoms with Crippen molar-refractivity contribution in [2.24, 2.45) is 0 Å². The van der Waals surface area contributed by atoms with Crippen molar-refractivity contribution in [1.29, 1.82) is 0 Å². The third kappa shape index (κ3) is 4.04. The number of ether oxygens (including phenoxy) is 1. The lowest BCUT2D eigenvalue weighted by Crippen LogP contribution is -2.08. The molecule has 0 aliphatic rings. The molecule has 0 atom stereocenters. The number of carbonyl (C=O) groups excluding carboxylic acids is 1. The predicted octanol–water partition coefficient (Wildman–Crippen LogP) is 4.68. The molecule has 26 heavy (non-hydrogen) atoms. The van der Waals surface area contributed by atoms with Crippen molar-refractivity contribution >= 4 is 40.0 Å². The Morgan fingerprint density at radius 2 is 1.81 bits per heavy atom. The maximum Gasteiger partial charge on any atom is 0.312 e. The molecule has 4 rings (SSSR count). The monoisotopic (exact) mass is 399 g/mol. The molecule has 0 amide bonds. The van der Waals surface area contributed by atoms with Crippen LogP contribution < -0.4 is 0 Å². The Morgan fingerprint density at radius 3 is 2.58 bits per heavy atom. The molecule has 0 unspecified atom stereocenters. The molecule has 8 heteroatoms. The highest BCUT2D eigenvalue weighted by atomic mass is 32.1. The second kappa shape index (κ2) is 7.86. The standard InChI is InChI=1S/C18H13N3O2S3/c22-16(6-14-10-25-17(20-14)12-2-1-4-19-7-12)23-8-15-11-26-18(21-15)13-3-5-24-9-13/h1-5,7,9-11H,6,8H2. The predicted molar refractivity (Wildman–Crippen MR) is 104 cm³/mol. The minimum atomic E-state index is -0.307.